The van der Waals surface area contributed by atoms with Gasteiger partial charge in [0.1, 0.15) is 6.04 Å². The van der Waals surface area contributed by atoms with Gasteiger partial charge in [-0.2, -0.15) is 0 Å². The Kier molecular flexibility index (Phi) is 4.54. The number of amides is 1. The fraction of sp³-hybridized carbons (Fsp3) is 0.889. The number of ether oxygens (including phenoxy) is 1. The van der Waals surface area contributed by atoms with Gasteiger partial charge in [0, 0.05) is 10.7 Å². The molecule has 0 aromatic carbocycles. The van der Waals surface area contributed by atoms with E-state index in [-0.39, 0.29) is 27.5 Å². The molecule has 23 heavy (non-hydrogen) atoms. The molecule has 5 heteroatoms. The molecule has 130 valence electrons. The molecule has 4 fully saturated rings. The largest absolute Gasteiger partial charge is 0.467 e. The first-order valence-electron chi connectivity index (χ1n) is 8.80. The average Bonchev–Trinajstić information content (AvgIpc) is 2.40. The van der Waals surface area contributed by atoms with Crippen LogP contribution in [0.4, 0.5) is 0 Å². The van der Waals surface area contributed by atoms with Crippen molar-refractivity contribution in [1.29, 1.82) is 0 Å². The minimum atomic E-state index is -0.542. The second kappa shape index (κ2) is 6.05. The Hall–Kier alpha value is -0.580. The first kappa shape index (κ1) is 17.2. The second-order valence-electron chi connectivity index (χ2n) is 8.60. The van der Waals surface area contributed by atoms with Gasteiger partial charge in [0.05, 0.1) is 7.11 Å². The summed E-state index contributed by atoms with van der Waals surface area (Å²) in [5.74, 6) is 1.23. The van der Waals surface area contributed by atoms with Gasteiger partial charge in [-0.15, -0.1) is 0 Å². The summed E-state index contributed by atoms with van der Waals surface area (Å²) < 4.78 is 5.08. The van der Waals surface area contributed by atoms with Crippen molar-refractivity contribution < 1.29 is 14.3 Å². The zero-order chi connectivity index (χ0) is 16.8. The molecule has 0 aliphatic heterocycles. The van der Waals surface area contributed by atoms with Crippen LogP contribution in [0.25, 0.3) is 0 Å². The van der Waals surface area contributed by atoms with Crippen molar-refractivity contribution in [3.8, 4) is 0 Å². The number of nitrogens with one attached hydrogen (secondary N) is 1. The maximum absolute atomic E-state index is 12.6. The molecule has 0 heterocycles. The van der Waals surface area contributed by atoms with Crippen molar-refractivity contribution in [1.82, 2.24) is 5.32 Å². The number of carbonyl (C=O) groups excluding carboxylic acids is 2. The van der Waals surface area contributed by atoms with Crippen LogP contribution in [0.2, 0.25) is 0 Å². The van der Waals surface area contributed by atoms with Crippen LogP contribution in [0.3, 0.4) is 0 Å². The molecular formula is C18H28BrNO3. The van der Waals surface area contributed by atoms with Crippen molar-refractivity contribution >= 4 is 27.8 Å². The molecule has 3 unspecified atom stereocenters. The number of carbonyl (C=O) groups is 2. The molecule has 4 rings (SSSR count). The van der Waals surface area contributed by atoms with E-state index in [4.69, 9.17) is 4.74 Å². The molecule has 1 N–H and O–H groups in total. The third-order valence-electron chi connectivity index (χ3n) is 6.08. The lowest BCUT2D eigenvalue weighted by molar-refractivity contribution is -0.147. The van der Waals surface area contributed by atoms with Gasteiger partial charge < -0.3 is 10.1 Å². The SMILES string of the molecule is COC(=O)C(NC(=O)CC12CC3CC(CC(Br)(C3)C1)C2)C(C)C. The molecule has 0 spiro atoms. The molecule has 4 bridgehead atoms. The second-order valence-corrected chi connectivity index (χ2v) is 10.3. The van der Waals surface area contributed by atoms with Crippen molar-refractivity contribution in [2.45, 2.75) is 69.2 Å². The molecule has 0 saturated heterocycles. The molecule has 4 aliphatic carbocycles. The van der Waals surface area contributed by atoms with Crippen LogP contribution in [-0.4, -0.2) is 29.4 Å². The molecule has 4 aliphatic rings. The van der Waals surface area contributed by atoms with E-state index in [1.165, 1.54) is 39.2 Å². The smallest absolute Gasteiger partial charge is 0.328 e. The minimum Gasteiger partial charge on any atom is -0.467 e. The quantitative estimate of drug-likeness (QED) is 0.582. The minimum absolute atomic E-state index is 0.00662. The highest BCUT2D eigenvalue weighted by atomic mass is 79.9. The fourth-order valence-corrected chi connectivity index (χ4v) is 7.24. The van der Waals surface area contributed by atoms with Gasteiger partial charge in [0.15, 0.2) is 0 Å². The Balaban J connectivity index is 1.67. The van der Waals surface area contributed by atoms with E-state index in [0.29, 0.717) is 6.42 Å². The predicted octanol–water partition coefficient (Wildman–Crippen LogP) is 3.42. The Morgan fingerprint density at radius 3 is 2.30 bits per heavy atom. The summed E-state index contributed by atoms with van der Waals surface area (Å²) in [6, 6.07) is -0.542. The molecule has 0 aromatic heterocycles. The monoisotopic (exact) mass is 385 g/mol. The number of methoxy groups -OCH3 is 1. The third kappa shape index (κ3) is 3.45. The number of alkyl halides is 1. The van der Waals surface area contributed by atoms with Gasteiger partial charge in [-0.25, -0.2) is 4.79 Å². The van der Waals surface area contributed by atoms with Crippen molar-refractivity contribution in [3.63, 3.8) is 0 Å². The van der Waals surface area contributed by atoms with Crippen LogP contribution in [0.5, 0.6) is 0 Å². The summed E-state index contributed by atoms with van der Waals surface area (Å²) in [5, 5.41) is 2.93. The van der Waals surface area contributed by atoms with Crippen molar-refractivity contribution in [2.75, 3.05) is 7.11 Å². The highest BCUT2D eigenvalue weighted by Crippen LogP contribution is 2.65. The first-order chi connectivity index (χ1) is 10.7. The van der Waals surface area contributed by atoms with Gasteiger partial charge in [0.2, 0.25) is 5.91 Å². The standard InChI is InChI=1S/C18H28BrNO3/c1-11(2)15(16(22)23-3)20-14(21)9-17-5-12-4-13(6-17)8-18(19,7-12)10-17/h11-13,15H,4-10H2,1-3H3,(H,20,21). The summed E-state index contributed by atoms with van der Waals surface area (Å²) in [7, 11) is 1.37. The van der Waals surface area contributed by atoms with E-state index in [2.05, 4.69) is 21.2 Å². The normalized spacial score (nSPS) is 39.3. The molecule has 1 amide bonds. The zero-order valence-corrected chi connectivity index (χ0v) is 15.9. The highest BCUT2D eigenvalue weighted by Gasteiger charge is 2.57. The van der Waals surface area contributed by atoms with Crippen LogP contribution in [0, 0.1) is 23.2 Å². The summed E-state index contributed by atoms with van der Waals surface area (Å²) >= 11 is 3.99. The third-order valence-corrected chi connectivity index (χ3v) is 7.01. The molecule has 4 saturated carbocycles. The Morgan fingerprint density at radius 1 is 1.22 bits per heavy atom. The van der Waals surface area contributed by atoms with E-state index in [1.807, 2.05) is 13.8 Å². The number of rotatable bonds is 5. The zero-order valence-electron chi connectivity index (χ0n) is 14.4. The summed E-state index contributed by atoms with van der Waals surface area (Å²) in [5.41, 5.74) is 0.134. The topological polar surface area (TPSA) is 55.4 Å². The summed E-state index contributed by atoms with van der Waals surface area (Å²) in [4.78, 5) is 24.5. The fourth-order valence-electron chi connectivity index (χ4n) is 5.73. The number of hydrogen-bond donors (Lipinski definition) is 1. The van der Waals surface area contributed by atoms with Gasteiger partial charge in [-0.3, -0.25) is 4.79 Å². The van der Waals surface area contributed by atoms with Crippen molar-refractivity contribution in [3.05, 3.63) is 0 Å². The molecular weight excluding hydrogens is 358 g/mol. The van der Waals surface area contributed by atoms with Crippen LogP contribution in [0.15, 0.2) is 0 Å². The van der Waals surface area contributed by atoms with Crippen molar-refractivity contribution in [2.24, 2.45) is 23.2 Å². The lowest BCUT2D eigenvalue weighted by Crippen LogP contribution is -2.55. The van der Waals surface area contributed by atoms with Gasteiger partial charge in [-0.1, -0.05) is 29.8 Å². The van der Waals surface area contributed by atoms with E-state index in [9.17, 15) is 9.59 Å². The summed E-state index contributed by atoms with van der Waals surface area (Å²) in [6.07, 6.45) is 7.88. The lowest BCUT2D eigenvalue weighted by Gasteiger charge is -2.60. The van der Waals surface area contributed by atoms with E-state index < -0.39 is 6.04 Å². The maximum atomic E-state index is 12.6. The molecule has 4 nitrogen and oxygen atoms in total. The molecule has 3 atom stereocenters. The number of hydrogen-bond acceptors (Lipinski definition) is 3. The maximum Gasteiger partial charge on any atom is 0.328 e. The Bertz CT molecular complexity index is 490. The van der Waals surface area contributed by atoms with E-state index >= 15 is 0 Å². The number of halogens is 1. The van der Waals surface area contributed by atoms with Gasteiger partial charge in [-0.05, 0) is 61.7 Å². The van der Waals surface area contributed by atoms with Crippen LogP contribution in [0.1, 0.15) is 58.8 Å². The Labute approximate surface area is 147 Å². The molecule has 0 aromatic rings. The van der Waals surface area contributed by atoms with Crippen LogP contribution in [-0.2, 0) is 14.3 Å². The van der Waals surface area contributed by atoms with Crippen LogP contribution < -0.4 is 5.32 Å². The summed E-state index contributed by atoms with van der Waals surface area (Å²) in [6.45, 7) is 3.86. The average molecular weight is 386 g/mol. The predicted molar refractivity (Wildman–Crippen MR) is 92.2 cm³/mol. The highest BCUT2D eigenvalue weighted by molar-refractivity contribution is 9.10. The number of esters is 1. The van der Waals surface area contributed by atoms with Crippen LogP contribution >= 0.6 is 15.9 Å². The van der Waals surface area contributed by atoms with E-state index in [0.717, 1.165) is 18.3 Å². The lowest BCUT2D eigenvalue weighted by atomic mass is 9.48. The van der Waals surface area contributed by atoms with Gasteiger partial charge >= 0.3 is 5.97 Å². The Morgan fingerprint density at radius 2 is 1.83 bits per heavy atom. The van der Waals surface area contributed by atoms with E-state index in [1.54, 1.807) is 0 Å². The van der Waals surface area contributed by atoms with Gasteiger partial charge in [0.25, 0.3) is 0 Å². The molecule has 0 radical (unpaired) electrons. The first-order valence-corrected chi connectivity index (χ1v) is 9.60.